The molecule has 1 aromatic rings. The molecule has 1 unspecified atom stereocenters. The third kappa shape index (κ3) is 2.70. The van der Waals surface area contributed by atoms with Gasteiger partial charge in [-0.15, -0.1) is 0 Å². The summed E-state index contributed by atoms with van der Waals surface area (Å²) in [6.07, 6.45) is 1.80. The van der Waals surface area contributed by atoms with E-state index in [1.165, 1.54) is 0 Å². The fraction of sp³-hybridized carbons (Fsp3) is 0.571. The van der Waals surface area contributed by atoms with Crippen molar-refractivity contribution < 1.29 is 9.84 Å². The molecule has 0 amide bonds. The Balaban J connectivity index is 2.09. The highest BCUT2D eigenvalue weighted by Gasteiger charge is 2.23. The van der Waals surface area contributed by atoms with Crippen LogP contribution in [0.2, 0.25) is 0 Å². The molecule has 1 heterocycles. The highest BCUT2D eigenvalue weighted by atomic mass is 16.5. The van der Waals surface area contributed by atoms with Crippen LogP contribution in [0.1, 0.15) is 19.8 Å². The Bertz CT molecular complexity index is 399. The van der Waals surface area contributed by atoms with E-state index in [9.17, 15) is 5.11 Å². The maximum atomic E-state index is 9.61. The standard InChI is InChI=1S/C14H22N2O2/c1-10(17)11-5-7-16(8-6-11)14-9-12(18-2)3-4-13(14)15/h3-4,9-11,17H,5-8,15H2,1-2H3. The van der Waals surface area contributed by atoms with Gasteiger partial charge in [0.25, 0.3) is 0 Å². The van der Waals surface area contributed by atoms with E-state index in [0.29, 0.717) is 5.92 Å². The van der Waals surface area contributed by atoms with Gasteiger partial charge in [-0.25, -0.2) is 0 Å². The molecule has 18 heavy (non-hydrogen) atoms. The smallest absolute Gasteiger partial charge is 0.121 e. The first-order valence-corrected chi connectivity index (χ1v) is 6.48. The summed E-state index contributed by atoms with van der Waals surface area (Å²) in [6.45, 7) is 3.75. The number of hydrogen-bond donors (Lipinski definition) is 2. The van der Waals surface area contributed by atoms with Crippen molar-refractivity contribution in [2.24, 2.45) is 5.92 Å². The van der Waals surface area contributed by atoms with Crippen molar-refractivity contribution in [3.8, 4) is 5.75 Å². The first kappa shape index (κ1) is 13.0. The van der Waals surface area contributed by atoms with Crippen LogP contribution in [-0.4, -0.2) is 31.4 Å². The predicted octanol–water partition coefficient (Wildman–Crippen LogP) is 1.87. The maximum Gasteiger partial charge on any atom is 0.121 e. The van der Waals surface area contributed by atoms with E-state index in [0.717, 1.165) is 43.1 Å². The number of aliphatic hydroxyl groups excluding tert-OH is 1. The van der Waals surface area contributed by atoms with Gasteiger partial charge in [0.15, 0.2) is 0 Å². The Morgan fingerprint density at radius 3 is 2.61 bits per heavy atom. The van der Waals surface area contributed by atoms with Gasteiger partial charge in [-0.3, -0.25) is 0 Å². The summed E-state index contributed by atoms with van der Waals surface area (Å²) in [6, 6.07) is 5.74. The summed E-state index contributed by atoms with van der Waals surface area (Å²) in [5.41, 5.74) is 7.85. The molecule has 1 saturated heterocycles. The highest BCUT2D eigenvalue weighted by molar-refractivity contribution is 5.69. The van der Waals surface area contributed by atoms with E-state index in [4.69, 9.17) is 10.5 Å². The van der Waals surface area contributed by atoms with Crippen LogP contribution in [-0.2, 0) is 0 Å². The van der Waals surface area contributed by atoms with Crippen molar-refractivity contribution in [2.45, 2.75) is 25.9 Å². The average Bonchev–Trinajstić information content (AvgIpc) is 2.39. The van der Waals surface area contributed by atoms with E-state index >= 15 is 0 Å². The lowest BCUT2D eigenvalue weighted by Gasteiger charge is -2.35. The molecule has 0 aromatic heterocycles. The zero-order valence-electron chi connectivity index (χ0n) is 11.1. The Labute approximate surface area is 108 Å². The molecule has 2 rings (SSSR count). The number of hydrogen-bond acceptors (Lipinski definition) is 4. The zero-order valence-corrected chi connectivity index (χ0v) is 11.1. The van der Waals surface area contributed by atoms with Gasteiger partial charge in [0.2, 0.25) is 0 Å². The number of piperidine rings is 1. The molecule has 0 radical (unpaired) electrons. The second-order valence-corrected chi connectivity index (χ2v) is 4.99. The maximum absolute atomic E-state index is 9.61. The van der Waals surface area contributed by atoms with Crippen molar-refractivity contribution >= 4 is 11.4 Å². The molecule has 1 aliphatic heterocycles. The van der Waals surface area contributed by atoms with Gasteiger partial charge in [-0.05, 0) is 37.8 Å². The lowest BCUT2D eigenvalue weighted by molar-refractivity contribution is 0.110. The summed E-state index contributed by atoms with van der Waals surface area (Å²) >= 11 is 0. The molecule has 1 aliphatic rings. The van der Waals surface area contributed by atoms with Crippen LogP contribution in [0.5, 0.6) is 5.75 Å². The van der Waals surface area contributed by atoms with Crippen molar-refractivity contribution in [2.75, 3.05) is 30.8 Å². The summed E-state index contributed by atoms with van der Waals surface area (Å²) in [5, 5.41) is 9.61. The van der Waals surface area contributed by atoms with Gasteiger partial charge in [0.05, 0.1) is 24.6 Å². The molecule has 1 aromatic carbocycles. The molecule has 0 bridgehead atoms. The number of anilines is 2. The van der Waals surface area contributed by atoms with E-state index < -0.39 is 0 Å². The predicted molar refractivity (Wildman–Crippen MR) is 74.0 cm³/mol. The molecular weight excluding hydrogens is 228 g/mol. The second kappa shape index (κ2) is 5.48. The Kier molecular flexibility index (Phi) is 3.97. The molecule has 0 aliphatic carbocycles. The quantitative estimate of drug-likeness (QED) is 0.804. The summed E-state index contributed by atoms with van der Waals surface area (Å²) in [5.74, 6) is 1.24. The van der Waals surface area contributed by atoms with Crippen molar-refractivity contribution in [3.05, 3.63) is 18.2 Å². The minimum Gasteiger partial charge on any atom is -0.497 e. The van der Waals surface area contributed by atoms with E-state index in [1.54, 1.807) is 7.11 Å². The van der Waals surface area contributed by atoms with Gasteiger partial charge < -0.3 is 20.5 Å². The molecule has 1 fully saturated rings. The van der Waals surface area contributed by atoms with Crippen LogP contribution in [0.15, 0.2) is 18.2 Å². The molecule has 0 saturated carbocycles. The number of benzene rings is 1. The van der Waals surface area contributed by atoms with Gasteiger partial charge in [-0.1, -0.05) is 0 Å². The normalized spacial score (nSPS) is 18.7. The van der Waals surface area contributed by atoms with Crippen LogP contribution in [0, 0.1) is 5.92 Å². The Morgan fingerprint density at radius 1 is 1.39 bits per heavy atom. The molecule has 4 heteroatoms. The molecule has 3 N–H and O–H groups in total. The van der Waals surface area contributed by atoms with Crippen molar-refractivity contribution in [1.29, 1.82) is 0 Å². The Hall–Kier alpha value is -1.42. The van der Waals surface area contributed by atoms with Gasteiger partial charge >= 0.3 is 0 Å². The SMILES string of the molecule is COc1ccc(N)c(N2CCC(C(C)O)CC2)c1. The Morgan fingerprint density at radius 2 is 2.06 bits per heavy atom. The number of methoxy groups -OCH3 is 1. The number of rotatable bonds is 3. The summed E-state index contributed by atoms with van der Waals surface area (Å²) in [4.78, 5) is 2.27. The highest BCUT2D eigenvalue weighted by Crippen LogP contribution is 2.32. The van der Waals surface area contributed by atoms with Crippen LogP contribution in [0.3, 0.4) is 0 Å². The number of nitrogens with zero attached hydrogens (tertiary/aromatic N) is 1. The lowest BCUT2D eigenvalue weighted by atomic mass is 9.92. The van der Waals surface area contributed by atoms with Crippen molar-refractivity contribution in [3.63, 3.8) is 0 Å². The topological polar surface area (TPSA) is 58.7 Å². The van der Waals surface area contributed by atoms with Gasteiger partial charge in [0.1, 0.15) is 5.75 Å². The van der Waals surface area contributed by atoms with Crippen LogP contribution in [0.4, 0.5) is 11.4 Å². The molecular formula is C14H22N2O2. The third-order valence-corrected chi connectivity index (χ3v) is 3.80. The third-order valence-electron chi connectivity index (χ3n) is 3.80. The van der Waals surface area contributed by atoms with Crippen LogP contribution >= 0.6 is 0 Å². The molecule has 100 valence electrons. The van der Waals surface area contributed by atoms with Crippen LogP contribution in [0.25, 0.3) is 0 Å². The van der Waals surface area contributed by atoms with Crippen LogP contribution < -0.4 is 15.4 Å². The minimum absolute atomic E-state index is 0.213. The summed E-state index contributed by atoms with van der Waals surface area (Å²) in [7, 11) is 1.66. The zero-order chi connectivity index (χ0) is 13.1. The second-order valence-electron chi connectivity index (χ2n) is 4.99. The monoisotopic (exact) mass is 250 g/mol. The minimum atomic E-state index is -0.213. The number of nitrogen functional groups attached to an aromatic ring is 1. The van der Waals surface area contributed by atoms with E-state index in [1.807, 2.05) is 25.1 Å². The largest absolute Gasteiger partial charge is 0.497 e. The fourth-order valence-electron chi connectivity index (χ4n) is 2.55. The van der Waals surface area contributed by atoms with Gasteiger partial charge in [-0.2, -0.15) is 0 Å². The first-order chi connectivity index (χ1) is 8.61. The first-order valence-electron chi connectivity index (χ1n) is 6.48. The number of nitrogens with two attached hydrogens (primary N) is 1. The molecule has 0 spiro atoms. The fourth-order valence-corrected chi connectivity index (χ4v) is 2.55. The summed E-state index contributed by atoms with van der Waals surface area (Å²) < 4.78 is 5.24. The van der Waals surface area contributed by atoms with Crippen molar-refractivity contribution in [1.82, 2.24) is 0 Å². The van der Waals surface area contributed by atoms with E-state index in [-0.39, 0.29) is 6.10 Å². The van der Waals surface area contributed by atoms with E-state index in [2.05, 4.69) is 4.90 Å². The number of ether oxygens (including phenoxy) is 1. The number of aliphatic hydroxyl groups is 1. The average molecular weight is 250 g/mol. The molecule has 1 atom stereocenters. The van der Waals surface area contributed by atoms with Gasteiger partial charge in [0, 0.05) is 19.2 Å². The lowest BCUT2D eigenvalue weighted by Crippen LogP contribution is -2.37. The molecule has 4 nitrogen and oxygen atoms in total.